The molecule has 3 aromatic rings. The summed E-state index contributed by atoms with van der Waals surface area (Å²) >= 11 is 1.08. The molecule has 1 N–H and O–H groups in total. The van der Waals surface area contributed by atoms with E-state index in [1.165, 1.54) is 6.07 Å². The highest BCUT2D eigenvalue weighted by atomic mass is 32.2. The van der Waals surface area contributed by atoms with Crippen molar-refractivity contribution in [1.29, 1.82) is 0 Å². The number of anilines is 1. The largest absolute Gasteiger partial charge is 0.420 e. The summed E-state index contributed by atoms with van der Waals surface area (Å²) in [5.74, 6) is 0.755. The Balaban J connectivity index is 1.88. The number of aromatic nitrogens is 2. The SMILES string of the molecule is Cc1cccc(NS(=O)(=O)c2ccc(-c3nnc(C)o3)s2)c1. The van der Waals surface area contributed by atoms with Gasteiger partial charge in [-0.2, -0.15) is 0 Å². The maximum atomic E-state index is 12.4. The molecule has 0 saturated heterocycles. The number of hydrogen-bond donors (Lipinski definition) is 1. The Morgan fingerprint density at radius 1 is 1.14 bits per heavy atom. The Morgan fingerprint density at radius 2 is 1.95 bits per heavy atom. The molecule has 0 radical (unpaired) electrons. The Morgan fingerprint density at radius 3 is 2.64 bits per heavy atom. The summed E-state index contributed by atoms with van der Waals surface area (Å²) in [5.41, 5.74) is 1.51. The van der Waals surface area contributed by atoms with Gasteiger partial charge < -0.3 is 4.42 Å². The third-order valence-corrected chi connectivity index (χ3v) is 5.80. The quantitative estimate of drug-likeness (QED) is 0.791. The maximum Gasteiger partial charge on any atom is 0.271 e. The fourth-order valence-corrected chi connectivity index (χ4v) is 4.17. The lowest BCUT2D eigenvalue weighted by Crippen LogP contribution is -2.11. The molecule has 0 saturated carbocycles. The molecule has 114 valence electrons. The third-order valence-electron chi connectivity index (χ3n) is 2.85. The molecule has 3 rings (SSSR count). The summed E-state index contributed by atoms with van der Waals surface area (Å²) in [7, 11) is -3.63. The molecule has 0 unspecified atom stereocenters. The van der Waals surface area contributed by atoms with Crippen LogP contribution in [0, 0.1) is 13.8 Å². The molecule has 0 fully saturated rings. The molecule has 0 bridgehead atoms. The minimum Gasteiger partial charge on any atom is -0.420 e. The van der Waals surface area contributed by atoms with Crippen LogP contribution in [0.1, 0.15) is 11.5 Å². The van der Waals surface area contributed by atoms with Gasteiger partial charge >= 0.3 is 0 Å². The highest BCUT2D eigenvalue weighted by Crippen LogP contribution is 2.30. The van der Waals surface area contributed by atoms with Crippen molar-refractivity contribution >= 4 is 27.0 Å². The summed E-state index contributed by atoms with van der Waals surface area (Å²) in [4.78, 5) is 0.616. The molecular formula is C14H13N3O3S2. The van der Waals surface area contributed by atoms with Gasteiger partial charge in [0.05, 0.1) is 4.88 Å². The van der Waals surface area contributed by atoms with Crippen LogP contribution >= 0.6 is 11.3 Å². The highest BCUT2D eigenvalue weighted by molar-refractivity contribution is 7.94. The van der Waals surface area contributed by atoms with E-state index in [-0.39, 0.29) is 4.21 Å². The van der Waals surface area contributed by atoms with Gasteiger partial charge in [-0.25, -0.2) is 8.42 Å². The van der Waals surface area contributed by atoms with Crippen molar-refractivity contribution in [2.45, 2.75) is 18.1 Å². The minimum atomic E-state index is -3.63. The lowest BCUT2D eigenvalue weighted by Gasteiger charge is -2.06. The highest BCUT2D eigenvalue weighted by Gasteiger charge is 2.19. The molecule has 6 nitrogen and oxygen atoms in total. The van der Waals surface area contributed by atoms with Crippen LogP contribution < -0.4 is 4.72 Å². The van der Waals surface area contributed by atoms with Crippen molar-refractivity contribution in [1.82, 2.24) is 10.2 Å². The van der Waals surface area contributed by atoms with Crippen LogP contribution in [0.15, 0.2) is 45.0 Å². The fourth-order valence-electron chi connectivity index (χ4n) is 1.89. The van der Waals surface area contributed by atoms with Crippen LogP contribution in [0.2, 0.25) is 0 Å². The molecule has 2 heterocycles. The Bertz CT molecular complexity index is 913. The van der Waals surface area contributed by atoms with Crippen molar-refractivity contribution in [3.63, 3.8) is 0 Å². The van der Waals surface area contributed by atoms with E-state index in [0.717, 1.165) is 16.9 Å². The molecule has 0 spiro atoms. The molecule has 1 aromatic carbocycles. The standard InChI is InChI=1S/C14H13N3O3S2/c1-9-4-3-5-11(8-9)17-22(18,19)13-7-6-12(21-13)14-16-15-10(2)20-14/h3-8,17H,1-2H3. The first-order valence-corrected chi connectivity index (χ1v) is 8.74. The lowest BCUT2D eigenvalue weighted by molar-refractivity contribution is 0.534. The molecule has 2 aromatic heterocycles. The monoisotopic (exact) mass is 335 g/mol. The number of nitrogens with zero attached hydrogens (tertiary/aromatic N) is 2. The topological polar surface area (TPSA) is 85.1 Å². The lowest BCUT2D eigenvalue weighted by atomic mass is 10.2. The second-order valence-electron chi connectivity index (χ2n) is 4.72. The first kappa shape index (κ1) is 14.7. The van der Waals surface area contributed by atoms with Gasteiger partial charge in [-0.3, -0.25) is 4.72 Å². The van der Waals surface area contributed by atoms with Gasteiger partial charge in [0.1, 0.15) is 4.21 Å². The van der Waals surface area contributed by atoms with Gasteiger partial charge in [-0.15, -0.1) is 21.5 Å². The van der Waals surface area contributed by atoms with E-state index in [1.807, 2.05) is 13.0 Å². The molecule has 8 heteroatoms. The van der Waals surface area contributed by atoms with Crippen molar-refractivity contribution in [3.05, 3.63) is 47.9 Å². The predicted molar refractivity (Wildman–Crippen MR) is 84.3 cm³/mol. The second-order valence-corrected chi connectivity index (χ2v) is 7.71. The molecule has 0 atom stereocenters. The second kappa shape index (κ2) is 5.54. The molecule has 0 aliphatic rings. The van der Waals surface area contributed by atoms with E-state index >= 15 is 0 Å². The molecule has 0 aliphatic heterocycles. The predicted octanol–water partition coefficient (Wildman–Crippen LogP) is 3.22. The molecular weight excluding hydrogens is 322 g/mol. The van der Waals surface area contributed by atoms with Crippen molar-refractivity contribution in [3.8, 4) is 10.8 Å². The Kier molecular flexibility index (Phi) is 3.71. The van der Waals surface area contributed by atoms with E-state index in [2.05, 4.69) is 14.9 Å². The fraction of sp³-hybridized carbons (Fsp3) is 0.143. The van der Waals surface area contributed by atoms with Gasteiger partial charge in [-0.1, -0.05) is 12.1 Å². The number of hydrogen-bond acceptors (Lipinski definition) is 6. The normalized spacial score (nSPS) is 11.5. The first-order chi connectivity index (χ1) is 10.4. The number of aryl methyl sites for hydroxylation is 2. The van der Waals surface area contributed by atoms with Crippen LogP contribution in [-0.4, -0.2) is 18.6 Å². The van der Waals surface area contributed by atoms with E-state index in [1.54, 1.807) is 31.2 Å². The van der Waals surface area contributed by atoms with Gasteiger partial charge in [0.2, 0.25) is 5.89 Å². The number of nitrogens with one attached hydrogen (secondary N) is 1. The van der Waals surface area contributed by atoms with Crippen LogP contribution in [0.4, 0.5) is 5.69 Å². The number of benzene rings is 1. The molecule has 22 heavy (non-hydrogen) atoms. The average Bonchev–Trinajstić information content (AvgIpc) is 3.06. The van der Waals surface area contributed by atoms with Crippen LogP contribution in [0.3, 0.4) is 0 Å². The smallest absolute Gasteiger partial charge is 0.271 e. The zero-order chi connectivity index (χ0) is 15.7. The van der Waals surface area contributed by atoms with E-state index < -0.39 is 10.0 Å². The first-order valence-electron chi connectivity index (χ1n) is 6.44. The number of thiophene rings is 1. The van der Waals surface area contributed by atoms with Crippen molar-refractivity contribution in [2.24, 2.45) is 0 Å². The summed E-state index contributed by atoms with van der Waals surface area (Å²) < 4.78 is 32.8. The maximum absolute atomic E-state index is 12.4. The summed E-state index contributed by atoms with van der Waals surface area (Å²) in [6.45, 7) is 3.58. The van der Waals surface area contributed by atoms with Crippen molar-refractivity contribution < 1.29 is 12.8 Å². The zero-order valence-electron chi connectivity index (χ0n) is 11.9. The summed E-state index contributed by atoms with van der Waals surface area (Å²) in [5, 5.41) is 7.62. The summed E-state index contributed by atoms with van der Waals surface area (Å²) in [6, 6.07) is 10.4. The molecule has 0 aliphatic carbocycles. The van der Waals surface area contributed by atoms with E-state index in [4.69, 9.17) is 4.42 Å². The number of sulfonamides is 1. The number of rotatable bonds is 4. The van der Waals surface area contributed by atoms with Gasteiger partial charge in [0.25, 0.3) is 15.9 Å². The van der Waals surface area contributed by atoms with Crippen LogP contribution in [0.5, 0.6) is 0 Å². The molecule has 0 amide bonds. The Labute approximate surface area is 131 Å². The minimum absolute atomic E-state index is 0.194. The summed E-state index contributed by atoms with van der Waals surface area (Å²) in [6.07, 6.45) is 0. The van der Waals surface area contributed by atoms with Crippen LogP contribution in [0.25, 0.3) is 10.8 Å². The van der Waals surface area contributed by atoms with E-state index in [9.17, 15) is 8.42 Å². The van der Waals surface area contributed by atoms with Crippen molar-refractivity contribution in [2.75, 3.05) is 4.72 Å². The third kappa shape index (κ3) is 3.02. The van der Waals surface area contributed by atoms with Gasteiger partial charge in [0.15, 0.2) is 0 Å². The van der Waals surface area contributed by atoms with E-state index in [0.29, 0.717) is 22.3 Å². The van der Waals surface area contributed by atoms with Gasteiger partial charge in [0, 0.05) is 12.6 Å². The average molecular weight is 335 g/mol. The Hall–Kier alpha value is -2.19. The van der Waals surface area contributed by atoms with Gasteiger partial charge in [-0.05, 0) is 36.8 Å². The zero-order valence-corrected chi connectivity index (χ0v) is 13.5. The van der Waals surface area contributed by atoms with Crippen LogP contribution in [-0.2, 0) is 10.0 Å².